The van der Waals surface area contributed by atoms with Crippen molar-refractivity contribution in [3.63, 3.8) is 0 Å². The van der Waals surface area contributed by atoms with Gasteiger partial charge in [0.05, 0.1) is 0 Å². The van der Waals surface area contributed by atoms with E-state index in [1.165, 1.54) is 138 Å². The molecule has 7 aromatic rings. The molecule has 2 unspecified atom stereocenters. The summed E-state index contributed by atoms with van der Waals surface area (Å²) < 4.78 is 0. The Labute approximate surface area is 337 Å². The lowest BCUT2D eigenvalue weighted by atomic mass is 9.80. The molecular formula is C55H50N2. The molecule has 12 rings (SSSR count). The van der Waals surface area contributed by atoms with Gasteiger partial charge in [0.2, 0.25) is 0 Å². The van der Waals surface area contributed by atoms with Crippen molar-refractivity contribution in [1.82, 2.24) is 0 Å². The largest absolute Gasteiger partial charge is 0.372 e. The molecule has 57 heavy (non-hydrogen) atoms. The van der Waals surface area contributed by atoms with Gasteiger partial charge in [0, 0.05) is 54.8 Å². The minimum atomic E-state index is -0.0694. The number of hydrogen-bond acceptors (Lipinski definition) is 2. The van der Waals surface area contributed by atoms with Crippen LogP contribution in [0.25, 0.3) is 65.7 Å². The SMILES string of the molecule is CC1(C)c2ccccc2-c2ccc(-c3c4cc(N5CCCCC5)ccc4c(-c4ccc5c6c(cccc46)C4C=CC=CC54)c4cc(N5CCCCC5)ccc34)cc21. The summed E-state index contributed by atoms with van der Waals surface area (Å²) >= 11 is 0. The van der Waals surface area contributed by atoms with Gasteiger partial charge in [-0.3, -0.25) is 0 Å². The summed E-state index contributed by atoms with van der Waals surface area (Å²) in [5.74, 6) is 0.820. The van der Waals surface area contributed by atoms with Crippen LogP contribution in [-0.4, -0.2) is 26.2 Å². The molecule has 2 saturated heterocycles. The van der Waals surface area contributed by atoms with Gasteiger partial charge in [-0.2, -0.15) is 0 Å². The van der Waals surface area contributed by atoms with Crippen LogP contribution in [0.3, 0.4) is 0 Å². The van der Waals surface area contributed by atoms with Gasteiger partial charge < -0.3 is 9.80 Å². The van der Waals surface area contributed by atoms with Crippen LogP contribution < -0.4 is 9.80 Å². The van der Waals surface area contributed by atoms with Crippen LogP contribution >= 0.6 is 0 Å². The number of anilines is 2. The lowest BCUT2D eigenvalue weighted by molar-refractivity contribution is 0.578. The summed E-state index contributed by atoms with van der Waals surface area (Å²) in [4.78, 5) is 5.28. The minimum Gasteiger partial charge on any atom is -0.372 e. The summed E-state index contributed by atoms with van der Waals surface area (Å²) in [7, 11) is 0. The molecule has 3 aliphatic carbocycles. The topological polar surface area (TPSA) is 6.48 Å². The monoisotopic (exact) mass is 738 g/mol. The highest BCUT2D eigenvalue weighted by atomic mass is 15.1. The maximum Gasteiger partial charge on any atom is 0.0372 e. The van der Waals surface area contributed by atoms with Crippen molar-refractivity contribution in [2.24, 2.45) is 0 Å². The maximum absolute atomic E-state index is 2.64. The maximum atomic E-state index is 2.64. The normalized spacial score (nSPS) is 20.4. The second kappa shape index (κ2) is 12.7. The number of allylic oxidation sites excluding steroid dienone is 4. The zero-order chi connectivity index (χ0) is 37.8. The van der Waals surface area contributed by atoms with Crippen molar-refractivity contribution < 1.29 is 0 Å². The Bertz CT molecular complexity index is 2830. The lowest BCUT2D eigenvalue weighted by Crippen LogP contribution is -2.29. The molecular weight excluding hydrogens is 689 g/mol. The molecule has 0 amide bonds. The second-order valence-corrected chi connectivity index (χ2v) is 18.0. The van der Waals surface area contributed by atoms with Crippen LogP contribution in [0.2, 0.25) is 0 Å². The molecule has 0 aromatic heterocycles. The molecule has 5 aliphatic rings. The van der Waals surface area contributed by atoms with Gasteiger partial charge in [-0.15, -0.1) is 0 Å². The number of benzene rings is 7. The smallest absolute Gasteiger partial charge is 0.0372 e. The third-order valence-electron chi connectivity index (χ3n) is 14.6. The van der Waals surface area contributed by atoms with Crippen LogP contribution in [-0.2, 0) is 5.41 Å². The molecule has 2 aliphatic heterocycles. The molecule has 2 fully saturated rings. The van der Waals surface area contributed by atoms with Crippen LogP contribution in [0.15, 0.2) is 133 Å². The number of piperidine rings is 2. The molecule has 0 saturated carbocycles. The van der Waals surface area contributed by atoms with Gasteiger partial charge in [-0.1, -0.05) is 117 Å². The third kappa shape index (κ3) is 4.95. The summed E-state index contributed by atoms with van der Waals surface area (Å²) in [5.41, 5.74) is 16.6. The zero-order valence-corrected chi connectivity index (χ0v) is 33.3. The standard InChI is InChI=1S/C55H50N2/c1-55(2)50-19-8-7-16-40(50)41-23-20-35(32-51(41)55)52-46-24-21-37(57-30-11-4-12-31-57)34-49(46)54(47-25-22-36(33-48(47)52)56-28-9-3-10-29-56)45-27-26-44-39-15-6-5-14-38(39)42-17-13-18-43(45)53(42)44/h5-8,13-27,32-34,38-39H,3-4,9-12,28-31H2,1-2H3. The molecule has 0 N–H and O–H groups in total. The Kier molecular flexibility index (Phi) is 7.47. The van der Waals surface area contributed by atoms with Crippen molar-refractivity contribution in [2.45, 2.75) is 69.6 Å². The lowest BCUT2D eigenvalue weighted by Gasteiger charge is -2.31. The molecule has 7 aromatic carbocycles. The van der Waals surface area contributed by atoms with E-state index in [1.807, 2.05) is 0 Å². The van der Waals surface area contributed by atoms with Crippen molar-refractivity contribution in [2.75, 3.05) is 36.0 Å². The number of rotatable bonds is 4. The first-order valence-electron chi connectivity index (χ1n) is 21.7. The summed E-state index contributed by atoms with van der Waals surface area (Å²) in [6.45, 7) is 9.35. The van der Waals surface area contributed by atoms with Crippen molar-refractivity contribution in [1.29, 1.82) is 0 Å². The first-order chi connectivity index (χ1) is 28.0. The minimum absolute atomic E-state index is 0.0694. The Morgan fingerprint density at radius 3 is 1.75 bits per heavy atom. The number of fused-ring (bicyclic) bond motifs is 8. The summed E-state index contributed by atoms with van der Waals surface area (Å²) in [6.07, 6.45) is 17.0. The first kappa shape index (κ1) is 33.5. The Hall–Kier alpha value is -5.60. The highest BCUT2D eigenvalue weighted by Gasteiger charge is 2.36. The van der Waals surface area contributed by atoms with Gasteiger partial charge in [0.25, 0.3) is 0 Å². The highest BCUT2D eigenvalue weighted by Crippen LogP contribution is 2.55. The predicted octanol–water partition coefficient (Wildman–Crippen LogP) is 14.1. The fraction of sp³-hybridized carbons (Fsp3) is 0.273. The molecule has 0 bridgehead atoms. The van der Waals surface area contributed by atoms with E-state index in [0.29, 0.717) is 11.8 Å². The molecule has 0 spiro atoms. The summed E-state index contributed by atoms with van der Waals surface area (Å²) in [6, 6.07) is 43.5. The molecule has 2 atom stereocenters. The average molecular weight is 739 g/mol. The molecule has 2 heteroatoms. The molecule has 280 valence electrons. The predicted molar refractivity (Wildman–Crippen MR) is 243 cm³/mol. The van der Waals surface area contributed by atoms with E-state index < -0.39 is 0 Å². The van der Waals surface area contributed by atoms with E-state index in [9.17, 15) is 0 Å². The Morgan fingerprint density at radius 1 is 0.456 bits per heavy atom. The third-order valence-corrected chi connectivity index (χ3v) is 14.6. The van der Waals surface area contributed by atoms with Gasteiger partial charge in [-0.05, 0) is 157 Å². The van der Waals surface area contributed by atoms with E-state index in [4.69, 9.17) is 0 Å². The Balaban J connectivity index is 1.18. The van der Waals surface area contributed by atoms with Crippen molar-refractivity contribution in [3.05, 3.63) is 156 Å². The van der Waals surface area contributed by atoms with Crippen LogP contribution in [0.4, 0.5) is 11.4 Å². The number of nitrogens with zero attached hydrogens (tertiary/aromatic N) is 2. The van der Waals surface area contributed by atoms with E-state index >= 15 is 0 Å². The van der Waals surface area contributed by atoms with Gasteiger partial charge in [-0.25, -0.2) is 0 Å². The van der Waals surface area contributed by atoms with Crippen molar-refractivity contribution in [3.8, 4) is 33.4 Å². The van der Waals surface area contributed by atoms with E-state index in [2.05, 4.69) is 157 Å². The van der Waals surface area contributed by atoms with Gasteiger partial charge in [0.15, 0.2) is 0 Å². The number of hydrogen-bond donors (Lipinski definition) is 0. The van der Waals surface area contributed by atoms with E-state index in [1.54, 1.807) is 0 Å². The quantitative estimate of drug-likeness (QED) is 0.166. The second-order valence-electron chi connectivity index (χ2n) is 18.0. The Morgan fingerprint density at radius 2 is 1.05 bits per heavy atom. The molecule has 2 nitrogen and oxygen atoms in total. The van der Waals surface area contributed by atoms with Gasteiger partial charge >= 0.3 is 0 Å². The zero-order valence-electron chi connectivity index (χ0n) is 33.3. The van der Waals surface area contributed by atoms with Crippen LogP contribution in [0.5, 0.6) is 0 Å². The molecule has 2 heterocycles. The van der Waals surface area contributed by atoms with Crippen LogP contribution in [0, 0.1) is 0 Å². The summed E-state index contributed by atoms with van der Waals surface area (Å²) in [5, 5.41) is 8.28. The fourth-order valence-electron chi connectivity index (χ4n) is 11.8. The van der Waals surface area contributed by atoms with E-state index in [0.717, 1.165) is 26.2 Å². The van der Waals surface area contributed by atoms with Crippen molar-refractivity contribution >= 4 is 43.7 Å². The average Bonchev–Trinajstić information content (AvgIpc) is 3.72. The van der Waals surface area contributed by atoms with Crippen LogP contribution in [0.1, 0.15) is 86.5 Å². The first-order valence-corrected chi connectivity index (χ1v) is 21.7. The fourth-order valence-corrected chi connectivity index (χ4v) is 11.8. The molecule has 0 radical (unpaired) electrons. The highest BCUT2D eigenvalue weighted by molar-refractivity contribution is 6.25. The van der Waals surface area contributed by atoms with E-state index in [-0.39, 0.29) is 5.41 Å². The van der Waals surface area contributed by atoms with Gasteiger partial charge in [0.1, 0.15) is 0 Å².